The Morgan fingerprint density at radius 2 is 1.74 bits per heavy atom. The Morgan fingerprint density at radius 1 is 1.16 bits per heavy atom. The van der Waals surface area contributed by atoms with Crippen molar-refractivity contribution in [3.05, 3.63) is 29.8 Å². The molecule has 0 radical (unpaired) electrons. The van der Waals surface area contributed by atoms with Crippen molar-refractivity contribution in [1.82, 2.24) is 5.32 Å². The highest BCUT2D eigenvalue weighted by Gasteiger charge is 2.30. The summed E-state index contributed by atoms with van der Waals surface area (Å²) < 4.78 is 0. The predicted molar refractivity (Wildman–Crippen MR) is 77.3 cm³/mol. The number of anilines is 1. The highest BCUT2D eigenvalue weighted by molar-refractivity contribution is 5.55. The summed E-state index contributed by atoms with van der Waals surface area (Å²) in [6.45, 7) is 8.18. The van der Waals surface area contributed by atoms with Crippen LogP contribution in [0.1, 0.15) is 26.3 Å². The molecule has 0 amide bonds. The number of nitrogens with one attached hydrogen (secondary N) is 1. The zero-order chi connectivity index (χ0) is 14.0. The van der Waals surface area contributed by atoms with Gasteiger partial charge in [0, 0.05) is 30.9 Å². The van der Waals surface area contributed by atoms with Crippen LogP contribution in [0.3, 0.4) is 0 Å². The first kappa shape index (κ1) is 14.3. The van der Waals surface area contributed by atoms with E-state index < -0.39 is 12.2 Å². The summed E-state index contributed by atoms with van der Waals surface area (Å²) in [5, 5.41) is 22.8. The maximum absolute atomic E-state index is 9.67. The number of rotatable bonds is 3. The predicted octanol–water partition coefficient (Wildman–Crippen LogP) is 1.12. The number of benzene rings is 1. The summed E-state index contributed by atoms with van der Waals surface area (Å²) in [6, 6.07) is 8.15. The van der Waals surface area contributed by atoms with E-state index in [2.05, 4.69) is 37.1 Å². The fourth-order valence-corrected chi connectivity index (χ4v) is 2.30. The van der Waals surface area contributed by atoms with Gasteiger partial charge in [0.05, 0.1) is 12.2 Å². The van der Waals surface area contributed by atoms with Gasteiger partial charge in [-0.1, -0.05) is 18.2 Å². The van der Waals surface area contributed by atoms with E-state index in [1.807, 2.05) is 18.2 Å². The zero-order valence-electron chi connectivity index (χ0n) is 11.9. The summed E-state index contributed by atoms with van der Waals surface area (Å²) in [6.07, 6.45) is -1.30. The van der Waals surface area contributed by atoms with Gasteiger partial charge < -0.3 is 20.4 Å². The molecule has 4 nitrogen and oxygen atoms in total. The Morgan fingerprint density at radius 3 is 2.32 bits per heavy atom. The van der Waals surface area contributed by atoms with E-state index in [9.17, 15) is 10.2 Å². The second kappa shape index (κ2) is 5.49. The third-order valence-electron chi connectivity index (χ3n) is 3.40. The first-order valence-corrected chi connectivity index (χ1v) is 6.81. The highest BCUT2D eigenvalue weighted by Crippen LogP contribution is 2.25. The lowest BCUT2D eigenvalue weighted by Gasteiger charge is -2.25. The topological polar surface area (TPSA) is 55.7 Å². The number of β-amino-alcohol motifs (C(OH)–C–C–N with tert-alkyl or cyclic N) is 2. The molecule has 1 aromatic carbocycles. The normalized spacial score (nSPS) is 23.9. The van der Waals surface area contributed by atoms with Crippen molar-refractivity contribution in [2.45, 2.75) is 45.1 Å². The van der Waals surface area contributed by atoms with Gasteiger partial charge in [-0.25, -0.2) is 0 Å². The van der Waals surface area contributed by atoms with Gasteiger partial charge in [-0.2, -0.15) is 0 Å². The van der Waals surface area contributed by atoms with Gasteiger partial charge >= 0.3 is 0 Å². The van der Waals surface area contributed by atoms with Gasteiger partial charge in [-0.15, -0.1) is 0 Å². The molecule has 106 valence electrons. The molecule has 2 atom stereocenters. The molecule has 0 aromatic heterocycles. The van der Waals surface area contributed by atoms with Gasteiger partial charge in [0.15, 0.2) is 0 Å². The van der Waals surface area contributed by atoms with Crippen LogP contribution in [0.25, 0.3) is 0 Å². The number of aliphatic hydroxyl groups excluding tert-OH is 2. The molecule has 1 aromatic rings. The van der Waals surface area contributed by atoms with Gasteiger partial charge in [0.1, 0.15) is 0 Å². The van der Waals surface area contributed by atoms with Crippen molar-refractivity contribution >= 4 is 5.69 Å². The maximum atomic E-state index is 9.67. The minimum atomic E-state index is -0.649. The lowest BCUT2D eigenvalue weighted by atomic mass is 10.1. The van der Waals surface area contributed by atoms with Crippen molar-refractivity contribution in [2.24, 2.45) is 0 Å². The Kier molecular flexibility index (Phi) is 4.13. The van der Waals surface area contributed by atoms with Crippen molar-refractivity contribution < 1.29 is 10.2 Å². The maximum Gasteiger partial charge on any atom is 0.0990 e. The number of hydrogen-bond donors (Lipinski definition) is 3. The average molecular weight is 264 g/mol. The van der Waals surface area contributed by atoms with Crippen LogP contribution in [0.5, 0.6) is 0 Å². The summed E-state index contributed by atoms with van der Waals surface area (Å²) in [5.41, 5.74) is 2.35. The third kappa shape index (κ3) is 3.69. The minimum Gasteiger partial charge on any atom is -0.389 e. The van der Waals surface area contributed by atoms with Crippen LogP contribution in [-0.4, -0.2) is 41.0 Å². The summed E-state index contributed by atoms with van der Waals surface area (Å²) in [7, 11) is 0. The SMILES string of the molecule is CC(C)(C)NCc1ccccc1N1CC(O)C(O)C1. The van der Waals surface area contributed by atoms with Crippen molar-refractivity contribution in [3.63, 3.8) is 0 Å². The van der Waals surface area contributed by atoms with Crippen molar-refractivity contribution in [2.75, 3.05) is 18.0 Å². The molecular weight excluding hydrogens is 240 g/mol. The molecule has 3 N–H and O–H groups in total. The molecular formula is C15H24N2O2. The molecule has 0 spiro atoms. The molecule has 1 aliphatic heterocycles. The molecule has 0 saturated carbocycles. The smallest absolute Gasteiger partial charge is 0.0990 e. The third-order valence-corrected chi connectivity index (χ3v) is 3.40. The Bertz CT molecular complexity index is 418. The molecule has 0 aliphatic carbocycles. The van der Waals surface area contributed by atoms with Gasteiger partial charge in [0.25, 0.3) is 0 Å². The van der Waals surface area contributed by atoms with Crippen LogP contribution < -0.4 is 10.2 Å². The van der Waals surface area contributed by atoms with Crippen LogP contribution in [0.4, 0.5) is 5.69 Å². The standard InChI is InChI=1S/C15H24N2O2/c1-15(2,3)16-8-11-6-4-5-7-12(11)17-9-13(18)14(19)10-17/h4-7,13-14,16,18-19H,8-10H2,1-3H3. The molecule has 19 heavy (non-hydrogen) atoms. The van der Waals surface area contributed by atoms with E-state index in [1.165, 1.54) is 5.56 Å². The van der Waals surface area contributed by atoms with E-state index >= 15 is 0 Å². The van der Waals surface area contributed by atoms with E-state index in [1.54, 1.807) is 0 Å². The molecule has 1 heterocycles. The molecule has 1 aliphatic rings. The van der Waals surface area contributed by atoms with Crippen LogP contribution in [0.15, 0.2) is 24.3 Å². The number of aliphatic hydroxyl groups is 2. The average Bonchev–Trinajstić information content (AvgIpc) is 2.66. The fraction of sp³-hybridized carbons (Fsp3) is 0.600. The number of para-hydroxylation sites is 1. The van der Waals surface area contributed by atoms with Crippen LogP contribution >= 0.6 is 0 Å². The Labute approximate surface area is 115 Å². The van der Waals surface area contributed by atoms with Gasteiger partial charge in [0.2, 0.25) is 0 Å². The first-order chi connectivity index (χ1) is 8.87. The first-order valence-electron chi connectivity index (χ1n) is 6.81. The van der Waals surface area contributed by atoms with Crippen LogP contribution in [0.2, 0.25) is 0 Å². The molecule has 2 unspecified atom stereocenters. The van der Waals surface area contributed by atoms with E-state index in [0.29, 0.717) is 13.1 Å². The molecule has 4 heteroatoms. The van der Waals surface area contributed by atoms with Crippen molar-refractivity contribution in [1.29, 1.82) is 0 Å². The van der Waals surface area contributed by atoms with Gasteiger partial charge in [-0.05, 0) is 32.4 Å². The van der Waals surface area contributed by atoms with Crippen LogP contribution in [-0.2, 0) is 6.54 Å². The molecule has 1 saturated heterocycles. The zero-order valence-corrected chi connectivity index (χ0v) is 11.9. The number of nitrogens with zero attached hydrogens (tertiary/aromatic N) is 1. The summed E-state index contributed by atoms with van der Waals surface area (Å²) >= 11 is 0. The van der Waals surface area contributed by atoms with Crippen molar-refractivity contribution in [3.8, 4) is 0 Å². The Balaban J connectivity index is 2.13. The van der Waals surface area contributed by atoms with Gasteiger partial charge in [-0.3, -0.25) is 0 Å². The molecule has 0 bridgehead atoms. The highest BCUT2D eigenvalue weighted by atomic mass is 16.3. The lowest BCUT2D eigenvalue weighted by Crippen LogP contribution is -2.35. The molecule has 2 rings (SSSR count). The summed E-state index contributed by atoms with van der Waals surface area (Å²) in [4.78, 5) is 2.05. The summed E-state index contributed by atoms with van der Waals surface area (Å²) in [5.74, 6) is 0. The second-order valence-electron chi connectivity index (χ2n) is 6.27. The quantitative estimate of drug-likeness (QED) is 0.766. The Hall–Kier alpha value is -1.10. The van der Waals surface area contributed by atoms with E-state index in [-0.39, 0.29) is 5.54 Å². The minimum absolute atomic E-state index is 0.0666. The molecule has 1 fully saturated rings. The number of hydrogen-bond acceptors (Lipinski definition) is 4. The van der Waals surface area contributed by atoms with E-state index in [0.717, 1.165) is 12.2 Å². The van der Waals surface area contributed by atoms with E-state index in [4.69, 9.17) is 0 Å². The lowest BCUT2D eigenvalue weighted by molar-refractivity contribution is 0.0572. The fourth-order valence-electron chi connectivity index (χ4n) is 2.30. The van der Waals surface area contributed by atoms with Crippen LogP contribution in [0, 0.1) is 0 Å². The largest absolute Gasteiger partial charge is 0.389 e. The monoisotopic (exact) mass is 264 g/mol. The second-order valence-corrected chi connectivity index (χ2v) is 6.27.